The van der Waals surface area contributed by atoms with Gasteiger partial charge in [-0.25, -0.2) is 0 Å². The molecule has 2 aliphatic carbocycles. The maximum atomic E-state index is 12.4. The first-order valence-electron chi connectivity index (χ1n) is 7.17. The van der Waals surface area contributed by atoms with Gasteiger partial charge in [-0.1, -0.05) is 42.5 Å². The average molecular weight is 286 g/mol. The Labute approximate surface area is 123 Å². The van der Waals surface area contributed by atoms with Gasteiger partial charge in [0.05, 0.1) is 18.9 Å². The van der Waals surface area contributed by atoms with E-state index in [-0.39, 0.29) is 30.4 Å². The van der Waals surface area contributed by atoms with Gasteiger partial charge in [0.25, 0.3) is 0 Å². The lowest BCUT2D eigenvalue weighted by molar-refractivity contribution is -0.160. The van der Waals surface area contributed by atoms with Gasteiger partial charge in [-0.3, -0.25) is 9.59 Å². The number of hydrogen-bond donors (Lipinski definition) is 0. The number of carbonyl (C=O) groups is 2. The Bertz CT molecular complexity index is 563. The molecule has 0 unspecified atom stereocenters. The Morgan fingerprint density at radius 3 is 2.29 bits per heavy atom. The predicted molar refractivity (Wildman–Crippen MR) is 76.0 cm³/mol. The molecule has 4 nitrogen and oxygen atoms in total. The molecule has 0 saturated heterocycles. The molecule has 21 heavy (non-hydrogen) atoms. The molecule has 3 rings (SSSR count). The third kappa shape index (κ3) is 2.58. The van der Waals surface area contributed by atoms with Crippen LogP contribution in [0.15, 0.2) is 42.5 Å². The minimum atomic E-state index is -0.406. The summed E-state index contributed by atoms with van der Waals surface area (Å²) in [5.41, 5.74) is 0.944. The van der Waals surface area contributed by atoms with Crippen LogP contribution in [0.3, 0.4) is 0 Å². The largest absolute Gasteiger partial charge is 0.469 e. The van der Waals surface area contributed by atoms with Crippen LogP contribution in [0.25, 0.3) is 0 Å². The van der Waals surface area contributed by atoms with Crippen molar-refractivity contribution in [2.45, 2.75) is 13.0 Å². The van der Waals surface area contributed by atoms with Crippen molar-refractivity contribution >= 4 is 11.9 Å². The fourth-order valence-corrected chi connectivity index (χ4v) is 3.43. The standard InChI is InChI=1S/C17H18O4/c1-20-16(18)14-12-7-8-13(9-12)15(14)17(19)21-10-11-5-3-2-4-6-11/h2-8,12-15H,9-10H2,1H3/t12-,13+,14-,15+/m1/s1. The van der Waals surface area contributed by atoms with Gasteiger partial charge in [-0.05, 0) is 23.8 Å². The fourth-order valence-electron chi connectivity index (χ4n) is 3.43. The van der Waals surface area contributed by atoms with Crippen molar-refractivity contribution in [3.8, 4) is 0 Å². The normalized spacial score (nSPS) is 29.4. The van der Waals surface area contributed by atoms with Crippen molar-refractivity contribution in [2.75, 3.05) is 7.11 Å². The number of fused-ring (bicyclic) bond motifs is 2. The van der Waals surface area contributed by atoms with Gasteiger partial charge in [0.15, 0.2) is 0 Å². The lowest BCUT2D eigenvalue weighted by atomic mass is 9.83. The molecule has 0 spiro atoms. The zero-order valence-electron chi connectivity index (χ0n) is 11.9. The van der Waals surface area contributed by atoms with Gasteiger partial charge in [-0.15, -0.1) is 0 Å². The van der Waals surface area contributed by atoms with Crippen LogP contribution in [0, 0.1) is 23.7 Å². The number of rotatable bonds is 4. The van der Waals surface area contributed by atoms with E-state index in [0.717, 1.165) is 12.0 Å². The zero-order valence-corrected chi connectivity index (χ0v) is 11.9. The van der Waals surface area contributed by atoms with Crippen LogP contribution in [0.2, 0.25) is 0 Å². The summed E-state index contributed by atoms with van der Waals surface area (Å²) in [6.45, 7) is 0.241. The summed E-state index contributed by atoms with van der Waals surface area (Å²) in [6.07, 6.45) is 4.89. The Hall–Kier alpha value is -2.10. The van der Waals surface area contributed by atoms with Gasteiger partial charge in [0.2, 0.25) is 0 Å². The van der Waals surface area contributed by atoms with Crippen LogP contribution in [0.4, 0.5) is 0 Å². The molecule has 4 atom stereocenters. The topological polar surface area (TPSA) is 52.6 Å². The fraction of sp³-hybridized carbons (Fsp3) is 0.412. The summed E-state index contributed by atoms with van der Waals surface area (Å²) in [6, 6.07) is 9.54. The molecule has 2 aliphatic rings. The second-order valence-electron chi connectivity index (χ2n) is 5.62. The van der Waals surface area contributed by atoms with E-state index in [9.17, 15) is 9.59 Å². The summed E-state index contributed by atoms with van der Waals surface area (Å²) >= 11 is 0. The van der Waals surface area contributed by atoms with E-state index in [1.165, 1.54) is 7.11 Å². The summed E-state index contributed by atoms with van der Waals surface area (Å²) < 4.78 is 10.3. The Morgan fingerprint density at radius 1 is 1.05 bits per heavy atom. The van der Waals surface area contributed by atoms with Crippen LogP contribution in [0.1, 0.15) is 12.0 Å². The van der Waals surface area contributed by atoms with Crippen molar-refractivity contribution in [3.63, 3.8) is 0 Å². The highest BCUT2D eigenvalue weighted by atomic mass is 16.5. The zero-order chi connectivity index (χ0) is 14.8. The highest BCUT2D eigenvalue weighted by Gasteiger charge is 2.52. The summed E-state index contributed by atoms with van der Waals surface area (Å²) in [7, 11) is 1.37. The molecule has 0 amide bonds. The Kier molecular flexibility index (Phi) is 3.78. The predicted octanol–water partition coefficient (Wildman–Crippen LogP) is 2.34. The minimum Gasteiger partial charge on any atom is -0.469 e. The van der Waals surface area contributed by atoms with E-state index in [1.807, 2.05) is 42.5 Å². The molecule has 0 radical (unpaired) electrons. The third-order valence-electron chi connectivity index (χ3n) is 4.43. The summed E-state index contributed by atoms with van der Waals surface area (Å²) in [4.78, 5) is 24.3. The average Bonchev–Trinajstić information content (AvgIpc) is 3.13. The number of benzene rings is 1. The van der Waals surface area contributed by atoms with E-state index in [4.69, 9.17) is 9.47 Å². The van der Waals surface area contributed by atoms with E-state index in [0.29, 0.717) is 0 Å². The maximum Gasteiger partial charge on any atom is 0.310 e. The highest BCUT2D eigenvalue weighted by Crippen LogP contribution is 2.48. The minimum absolute atomic E-state index is 0.0994. The molecule has 1 aromatic carbocycles. The number of hydrogen-bond acceptors (Lipinski definition) is 4. The number of methoxy groups -OCH3 is 1. The first kappa shape index (κ1) is 13.9. The SMILES string of the molecule is COC(=O)[C@H]1[C@@H](C(=O)OCc2ccccc2)[C@H]2C=C[C@@H]1C2. The number of carbonyl (C=O) groups excluding carboxylic acids is 2. The van der Waals surface area contributed by atoms with Crippen molar-refractivity contribution < 1.29 is 19.1 Å². The number of ether oxygens (including phenoxy) is 2. The van der Waals surface area contributed by atoms with E-state index >= 15 is 0 Å². The summed E-state index contributed by atoms with van der Waals surface area (Å²) in [5, 5.41) is 0. The molecule has 0 N–H and O–H groups in total. The van der Waals surface area contributed by atoms with Gasteiger partial charge >= 0.3 is 11.9 Å². The molecular weight excluding hydrogens is 268 g/mol. The molecule has 0 heterocycles. The van der Waals surface area contributed by atoms with Crippen molar-refractivity contribution in [3.05, 3.63) is 48.0 Å². The third-order valence-corrected chi connectivity index (χ3v) is 4.43. The quantitative estimate of drug-likeness (QED) is 0.630. The van der Waals surface area contributed by atoms with Gasteiger partial charge in [0.1, 0.15) is 6.61 Å². The maximum absolute atomic E-state index is 12.4. The Balaban J connectivity index is 1.68. The smallest absolute Gasteiger partial charge is 0.310 e. The van der Waals surface area contributed by atoms with Crippen LogP contribution >= 0.6 is 0 Å². The molecular formula is C17H18O4. The molecule has 0 aromatic heterocycles. The molecule has 4 heteroatoms. The van der Waals surface area contributed by atoms with E-state index in [1.54, 1.807) is 0 Å². The van der Waals surface area contributed by atoms with Gasteiger partial charge < -0.3 is 9.47 Å². The second-order valence-corrected chi connectivity index (χ2v) is 5.62. The molecule has 110 valence electrons. The van der Waals surface area contributed by atoms with E-state index < -0.39 is 11.8 Å². The molecule has 1 aromatic rings. The second kappa shape index (κ2) is 5.72. The van der Waals surface area contributed by atoms with Crippen LogP contribution in [0.5, 0.6) is 0 Å². The first-order valence-corrected chi connectivity index (χ1v) is 7.17. The van der Waals surface area contributed by atoms with Crippen LogP contribution in [-0.4, -0.2) is 19.0 Å². The lowest BCUT2D eigenvalue weighted by Gasteiger charge is -2.24. The molecule has 2 bridgehead atoms. The number of esters is 2. The van der Waals surface area contributed by atoms with Crippen LogP contribution in [-0.2, 0) is 25.7 Å². The molecule has 0 aliphatic heterocycles. The van der Waals surface area contributed by atoms with Gasteiger partial charge in [-0.2, -0.15) is 0 Å². The van der Waals surface area contributed by atoms with Gasteiger partial charge in [0, 0.05) is 0 Å². The van der Waals surface area contributed by atoms with E-state index in [2.05, 4.69) is 0 Å². The lowest BCUT2D eigenvalue weighted by Crippen LogP contribution is -2.34. The molecule has 1 fully saturated rings. The highest BCUT2D eigenvalue weighted by molar-refractivity contribution is 5.84. The Morgan fingerprint density at radius 2 is 1.67 bits per heavy atom. The van der Waals surface area contributed by atoms with Crippen LogP contribution < -0.4 is 0 Å². The summed E-state index contributed by atoms with van der Waals surface area (Å²) in [5.74, 6) is -1.21. The van der Waals surface area contributed by atoms with Crippen molar-refractivity contribution in [1.82, 2.24) is 0 Å². The first-order chi connectivity index (χ1) is 10.2. The van der Waals surface area contributed by atoms with Crippen molar-refractivity contribution in [2.24, 2.45) is 23.7 Å². The number of allylic oxidation sites excluding steroid dienone is 2. The monoisotopic (exact) mass is 286 g/mol. The van der Waals surface area contributed by atoms with Crippen molar-refractivity contribution in [1.29, 1.82) is 0 Å². The molecule has 1 saturated carbocycles.